The quantitative estimate of drug-likeness (QED) is 0.474. The molecule has 1 aromatic rings. The standard InChI is InChI=1S/C24H39N3O5S/c1-24(2,3)32-23(31)26-20(16-33-4)22(30)25-19(14-17-8-6-5-7-9-17)21(29)15-27-12-10-18(28)11-13-27/h10-13,17,19-21,29H,5-9,14-16H2,1-4H3,(H,25,30)(H,26,31)/t19-,20-,21-/m0/s1. The van der Waals surface area contributed by atoms with Crippen LogP contribution in [0.15, 0.2) is 29.3 Å². The molecule has 1 saturated carbocycles. The van der Waals surface area contributed by atoms with Crippen LogP contribution in [-0.4, -0.2) is 57.5 Å². The molecule has 1 fully saturated rings. The van der Waals surface area contributed by atoms with Gasteiger partial charge >= 0.3 is 6.09 Å². The summed E-state index contributed by atoms with van der Waals surface area (Å²) in [5.74, 6) is 0.484. The zero-order valence-electron chi connectivity index (χ0n) is 20.2. The summed E-state index contributed by atoms with van der Waals surface area (Å²) in [7, 11) is 0. The lowest BCUT2D eigenvalue weighted by atomic mass is 9.83. The molecule has 0 saturated heterocycles. The van der Waals surface area contributed by atoms with Crippen LogP contribution in [-0.2, 0) is 16.1 Å². The molecular formula is C24H39N3O5S. The summed E-state index contributed by atoms with van der Waals surface area (Å²) < 4.78 is 7.05. The molecule has 0 aliphatic heterocycles. The van der Waals surface area contributed by atoms with Crippen LogP contribution < -0.4 is 16.1 Å². The van der Waals surface area contributed by atoms with Crippen molar-refractivity contribution in [1.82, 2.24) is 15.2 Å². The fourth-order valence-corrected chi connectivity index (χ4v) is 4.65. The normalized spacial score (nSPS) is 17.6. The number of amides is 2. The van der Waals surface area contributed by atoms with Crippen molar-refractivity contribution >= 4 is 23.8 Å². The Kier molecular flexibility index (Phi) is 10.8. The van der Waals surface area contributed by atoms with Crippen molar-refractivity contribution in [3.63, 3.8) is 0 Å². The lowest BCUT2D eigenvalue weighted by molar-refractivity contribution is -0.124. The maximum Gasteiger partial charge on any atom is 0.408 e. The molecular weight excluding hydrogens is 442 g/mol. The Balaban J connectivity index is 2.10. The number of carbonyl (C=O) groups excluding carboxylic acids is 2. The van der Waals surface area contributed by atoms with Gasteiger partial charge in [0.1, 0.15) is 11.6 Å². The summed E-state index contributed by atoms with van der Waals surface area (Å²) >= 11 is 1.45. The number of pyridine rings is 1. The van der Waals surface area contributed by atoms with Crippen molar-refractivity contribution in [2.24, 2.45) is 5.92 Å². The van der Waals surface area contributed by atoms with Gasteiger partial charge in [0.25, 0.3) is 0 Å². The van der Waals surface area contributed by atoms with Crippen molar-refractivity contribution in [2.75, 3.05) is 12.0 Å². The first-order valence-electron chi connectivity index (χ1n) is 11.7. The molecule has 33 heavy (non-hydrogen) atoms. The van der Waals surface area contributed by atoms with E-state index in [1.165, 1.54) is 30.3 Å². The molecule has 3 atom stereocenters. The monoisotopic (exact) mass is 481 g/mol. The lowest BCUT2D eigenvalue weighted by Gasteiger charge is -2.32. The van der Waals surface area contributed by atoms with Crippen LogP contribution in [0.5, 0.6) is 0 Å². The summed E-state index contributed by atoms with van der Waals surface area (Å²) in [6, 6.07) is 1.65. The number of ether oxygens (including phenoxy) is 1. The van der Waals surface area contributed by atoms with Crippen LogP contribution in [0.25, 0.3) is 0 Å². The highest BCUT2D eigenvalue weighted by Crippen LogP contribution is 2.28. The Bertz CT molecular complexity index is 797. The van der Waals surface area contributed by atoms with Gasteiger partial charge in [-0.3, -0.25) is 9.59 Å². The highest BCUT2D eigenvalue weighted by Gasteiger charge is 2.30. The molecule has 1 aliphatic rings. The Morgan fingerprint density at radius 3 is 2.39 bits per heavy atom. The van der Waals surface area contributed by atoms with E-state index in [9.17, 15) is 19.5 Å². The number of thioether (sulfide) groups is 1. The second kappa shape index (κ2) is 13.0. The minimum Gasteiger partial charge on any atom is -0.444 e. The van der Waals surface area contributed by atoms with Crippen LogP contribution >= 0.6 is 11.8 Å². The summed E-state index contributed by atoms with van der Waals surface area (Å²) in [6.07, 6.45) is 10.0. The third-order valence-electron chi connectivity index (χ3n) is 5.70. The van der Waals surface area contributed by atoms with Crippen LogP contribution in [0, 0.1) is 5.92 Å². The average Bonchev–Trinajstić information content (AvgIpc) is 2.74. The number of hydrogen-bond donors (Lipinski definition) is 3. The predicted molar refractivity (Wildman–Crippen MR) is 131 cm³/mol. The summed E-state index contributed by atoms with van der Waals surface area (Å²) in [6.45, 7) is 5.56. The van der Waals surface area contributed by atoms with E-state index in [1.807, 2.05) is 6.26 Å². The number of nitrogens with one attached hydrogen (secondary N) is 2. The molecule has 9 heteroatoms. The maximum atomic E-state index is 13.1. The number of aliphatic hydroxyl groups is 1. The molecule has 186 valence electrons. The van der Waals surface area contributed by atoms with Crippen molar-refractivity contribution in [3.8, 4) is 0 Å². The van der Waals surface area contributed by atoms with Crippen molar-refractivity contribution in [3.05, 3.63) is 34.7 Å². The number of hydrogen-bond acceptors (Lipinski definition) is 6. The van der Waals surface area contributed by atoms with Gasteiger partial charge < -0.3 is 25.0 Å². The minimum atomic E-state index is -0.838. The van der Waals surface area contributed by atoms with E-state index in [4.69, 9.17) is 4.74 Å². The van der Waals surface area contributed by atoms with Gasteiger partial charge in [0.15, 0.2) is 5.43 Å². The molecule has 1 heterocycles. The van der Waals surface area contributed by atoms with E-state index in [1.54, 1.807) is 37.7 Å². The first kappa shape index (κ1) is 27.2. The summed E-state index contributed by atoms with van der Waals surface area (Å²) in [5, 5.41) is 16.7. The van der Waals surface area contributed by atoms with Gasteiger partial charge in [-0.05, 0) is 39.4 Å². The van der Waals surface area contributed by atoms with E-state index in [0.717, 1.165) is 25.7 Å². The van der Waals surface area contributed by atoms with Gasteiger partial charge in [-0.1, -0.05) is 32.1 Å². The lowest BCUT2D eigenvalue weighted by Crippen LogP contribution is -2.55. The average molecular weight is 482 g/mol. The fourth-order valence-electron chi connectivity index (χ4n) is 4.09. The van der Waals surface area contributed by atoms with Crippen LogP contribution in [0.3, 0.4) is 0 Å². The van der Waals surface area contributed by atoms with Crippen LogP contribution in [0.4, 0.5) is 4.79 Å². The molecule has 0 unspecified atom stereocenters. The van der Waals surface area contributed by atoms with Crippen molar-refractivity contribution in [2.45, 2.75) is 89.6 Å². The second-order valence-electron chi connectivity index (χ2n) is 9.81. The molecule has 0 aromatic carbocycles. The topological polar surface area (TPSA) is 110 Å². The Labute approximate surface area is 200 Å². The highest BCUT2D eigenvalue weighted by molar-refractivity contribution is 7.98. The molecule has 3 N–H and O–H groups in total. The van der Waals surface area contributed by atoms with Gasteiger partial charge in [-0.15, -0.1) is 0 Å². The van der Waals surface area contributed by atoms with Gasteiger partial charge in [0.2, 0.25) is 5.91 Å². The van der Waals surface area contributed by atoms with Gasteiger partial charge in [-0.2, -0.15) is 11.8 Å². The molecule has 0 spiro atoms. The summed E-state index contributed by atoms with van der Waals surface area (Å²) in [5.41, 5.74) is -0.762. The van der Waals surface area contributed by atoms with Gasteiger partial charge in [-0.25, -0.2) is 4.79 Å². The number of carbonyl (C=O) groups is 2. The number of alkyl carbamates (subject to hydrolysis) is 1. The first-order chi connectivity index (χ1) is 15.6. The molecule has 2 rings (SSSR count). The van der Waals surface area contributed by atoms with Crippen molar-refractivity contribution < 1.29 is 19.4 Å². The van der Waals surface area contributed by atoms with Crippen LogP contribution in [0.1, 0.15) is 59.3 Å². The largest absolute Gasteiger partial charge is 0.444 e. The van der Waals surface area contributed by atoms with Gasteiger partial charge in [0, 0.05) is 30.3 Å². The van der Waals surface area contributed by atoms with Gasteiger partial charge in [0.05, 0.1) is 18.7 Å². The summed E-state index contributed by atoms with van der Waals surface area (Å²) in [4.78, 5) is 36.8. The zero-order chi connectivity index (χ0) is 24.4. The Hall–Kier alpha value is -2.00. The predicted octanol–water partition coefficient (Wildman–Crippen LogP) is 2.92. The number of aromatic nitrogens is 1. The fraction of sp³-hybridized carbons (Fsp3) is 0.708. The highest BCUT2D eigenvalue weighted by atomic mass is 32.2. The molecule has 0 bridgehead atoms. The number of nitrogens with zero attached hydrogens (tertiary/aromatic N) is 1. The third kappa shape index (κ3) is 10.2. The van der Waals surface area contributed by atoms with E-state index < -0.39 is 29.9 Å². The van der Waals surface area contributed by atoms with E-state index in [0.29, 0.717) is 18.1 Å². The SMILES string of the molecule is CSC[C@H](NC(=O)OC(C)(C)C)C(=O)N[C@@H](CC1CCCCC1)[C@@H](O)Cn1ccc(=O)cc1. The Morgan fingerprint density at radius 2 is 1.82 bits per heavy atom. The molecule has 8 nitrogen and oxygen atoms in total. The van der Waals surface area contributed by atoms with E-state index >= 15 is 0 Å². The Morgan fingerprint density at radius 1 is 1.18 bits per heavy atom. The maximum absolute atomic E-state index is 13.1. The third-order valence-corrected chi connectivity index (χ3v) is 6.37. The van der Waals surface area contributed by atoms with E-state index in [2.05, 4.69) is 10.6 Å². The van der Waals surface area contributed by atoms with E-state index in [-0.39, 0.29) is 17.9 Å². The molecule has 1 aromatic heterocycles. The molecule has 2 amide bonds. The first-order valence-corrected chi connectivity index (χ1v) is 13.1. The number of rotatable bonds is 10. The number of aliphatic hydroxyl groups excluding tert-OH is 1. The van der Waals surface area contributed by atoms with Crippen molar-refractivity contribution in [1.29, 1.82) is 0 Å². The molecule has 0 radical (unpaired) electrons. The molecule has 1 aliphatic carbocycles. The smallest absolute Gasteiger partial charge is 0.408 e. The zero-order valence-corrected chi connectivity index (χ0v) is 21.0. The van der Waals surface area contributed by atoms with Crippen LogP contribution in [0.2, 0.25) is 0 Å². The minimum absolute atomic E-state index is 0.0964. The second-order valence-corrected chi connectivity index (χ2v) is 10.7.